The standard InChI is InChI=1S/C45H84O5S2/c46-41(29-23-21-27-39(37-51-42-31-15-11-16-32-42)25-13-7-3-1-5-9-19-35-44(47)48)30-24-22-28-40(38-52-43-33-17-12-18-34-43)26-14-8-4-2-6-10-20-36-45(49)50/h39-43,46H,1-38H2,(H,47,48)(H,49,50). The van der Waals surface area contributed by atoms with Crippen molar-refractivity contribution in [2.75, 3.05) is 11.5 Å². The number of aliphatic carboxylic acids is 2. The van der Waals surface area contributed by atoms with E-state index < -0.39 is 11.9 Å². The molecule has 0 heterocycles. The number of aliphatic hydroxyl groups excluding tert-OH is 1. The van der Waals surface area contributed by atoms with Gasteiger partial charge >= 0.3 is 11.9 Å². The van der Waals surface area contributed by atoms with Gasteiger partial charge in [0, 0.05) is 23.3 Å². The molecule has 2 saturated carbocycles. The van der Waals surface area contributed by atoms with Gasteiger partial charge in [-0.25, -0.2) is 0 Å². The molecule has 2 aliphatic rings. The van der Waals surface area contributed by atoms with Crippen molar-refractivity contribution in [3.05, 3.63) is 0 Å². The van der Waals surface area contributed by atoms with E-state index in [1.807, 2.05) is 0 Å². The van der Waals surface area contributed by atoms with Crippen molar-refractivity contribution in [2.24, 2.45) is 11.8 Å². The topological polar surface area (TPSA) is 94.8 Å². The number of unbranched alkanes of at least 4 members (excludes halogenated alkanes) is 14. The Morgan fingerprint density at radius 2 is 0.712 bits per heavy atom. The predicted molar refractivity (Wildman–Crippen MR) is 227 cm³/mol. The van der Waals surface area contributed by atoms with Crippen molar-refractivity contribution in [1.29, 1.82) is 0 Å². The van der Waals surface area contributed by atoms with E-state index in [4.69, 9.17) is 10.2 Å². The Bertz CT molecular complexity index is 763. The zero-order valence-electron chi connectivity index (χ0n) is 33.7. The number of hydrogen-bond acceptors (Lipinski definition) is 5. The van der Waals surface area contributed by atoms with E-state index in [9.17, 15) is 14.7 Å². The second-order valence-corrected chi connectivity index (χ2v) is 19.6. The molecule has 0 saturated heterocycles. The van der Waals surface area contributed by atoms with Gasteiger partial charge in [-0.15, -0.1) is 0 Å². The van der Waals surface area contributed by atoms with Crippen molar-refractivity contribution in [3.63, 3.8) is 0 Å². The second-order valence-electron chi connectivity index (χ2n) is 17.0. The molecule has 2 rings (SSSR count). The quantitative estimate of drug-likeness (QED) is 0.0546. The lowest BCUT2D eigenvalue weighted by Crippen LogP contribution is -2.13. The third-order valence-corrected chi connectivity index (χ3v) is 15.3. The number of carbonyl (C=O) groups is 2. The largest absolute Gasteiger partial charge is 0.481 e. The number of rotatable bonds is 36. The summed E-state index contributed by atoms with van der Waals surface area (Å²) in [7, 11) is 0. The van der Waals surface area contributed by atoms with Crippen LogP contribution in [0, 0.1) is 11.8 Å². The fraction of sp³-hybridized carbons (Fsp3) is 0.956. The van der Waals surface area contributed by atoms with Gasteiger partial charge in [-0.05, 0) is 100 Å². The van der Waals surface area contributed by atoms with Crippen molar-refractivity contribution in [1.82, 2.24) is 0 Å². The minimum atomic E-state index is -0.663. The number of carboxylic acids is 2. The summed E-state index contributed by atoms with van der Waals surface area (Å²) in [6.45, 7) is 0. The lowest BCUT2D eigenvalue weighted by Gasteiger charge is -2.24. The van der Waals surface area contributed by atoms with E-state index >= 15 is 0 Å². The molecule has 7 heteroatoms. The van der Waals surface area contributed by atoms with E-state index in [1.165, 1.54) is 191 Å². The van der Waals surface area contributed by atoms with Crippen molar-refractivity contribution >= 4 is 35.5 Å². The normalized spacial score (nSPS) is 17.6. The van der Waals surface area contributed by atoms with Crippen LogP contribution < -0.4 is 0 Å². The van der Waals surface area contributed by atoms with Crippen LogP contribution in [0.1, 0.15) is 231 Å². The Morgan fingerprint density at radius 1 is 0.423 bits per heavy atom. The minimum absolute atomic E-state index is 0.129. The molecule has 2 atom stereocenters. The molecule has 5 nitrogen and oxygen atoms in total. The molecule has 0 bridgehead atoms. The first-order chi connectivity index (χ1) is 25.4. The third-order valence-electron chi connectivity index (χ3n) is 12.0. The van der Waals surface area contributed by atoms with Crippen LogP contribution in [0.3, 0.4) is 0 Å². The molecule has 0 aromatic carbocycles. The summed E-state index contributed by atoms with van der Waals surface area (Å²) in [4.78, 5) is 21.4. The summed E-state index contributed by atoms with van der Waals surface area (Å²) in [5.41, 5.74) is 0. The summed E-state index contributed by atoms with van der Waals surface area (Å²) in [6.07, 6.45) is 43.4. The van der Waals surface area contributed by atoms with Crippen LogP contribution in [0.25, 0.3) is 0 Å². The molecular weight excluding hydrogens is 685 g/mol. The summed E-state index contributed by atoms with van der Waals surface area (Å²) in [5.74, 6) is 2.99. The number of carboxylic acid groups (broad SMARTS) is 2. The molecule has 2 unspecified atom stereocenters. The highest BCUT2D eigenvalue weighted by molar-refractivity contribution is 8.00. The molecule has 3 N–H and O–H groups in total. The number of hydrogen-bond donors (Lipinski definition) is 3. The predicted octanol–water partition coefficient (Wildman–Crippen LogP) is 14.0. The van der Waals surface area contributed by atoms with Crippen molar-refractivity contribution in [2.45, 2.75) is 248 Å². The first-order valence-electron chi connectivity index (χ1n) is 22.8. The molecule has 306 valence electrons. The lowest BCUT2D eigenvalue weighted by molar-refractivity contribution is -0.138. The Kier molecular flexibility index (Phi) is 31.1. The molecule has 0 aromatic rings. The van der Waals surface area contributed by atoms with Gasteiger partial charge in [0.15, 0.2) is 0 Å². The second kappa shape index (κ2) is 33.9. The Morgan fingerprint density at radius 3 is 1.06 bits per heavy atom. The van der Waals surface area contributed by atoms with Gasteiger partial charge in [-0.1, -0.05) is 141 Å². The van der Waals surface area contributed by atoms with Crippen LogP contribution in [0.5, 0.6) is 0 Å². The van der Waals surface area contributed by atoms with Crippen molar-refractivity contribution in [3.8, 4) is 0 Å². The number of thioether (sulfide) groups is 2. The van der Waals surface area contributed by atoms with E-state index in [0.29, 0.717) is 12.8 Å². The fourth-order valence-electron chi connectivity index (χ4n) is 8.59. The summed E-state index contributed by atoms with van der Waals surface area (Å²) in [6, 6.07) is 0. The molecule has 0 spiro atoms. The smallest absolute Gasteiger partial charge is 0.303 e. The molecule has 2 fully saturated rings. The van der Waals surface area contributed by atoms with Crippen molar-refractivity contribution < 1.29 is 24.9 Å². The van der Waals surface area contributed by atoms with Crippen LogP contribution in [0.15, 0.2) is 0 Å². The van der Waals surface area contributed by atoms with Gasteiger partial charge in [0.25, 0.3) is 0 Å². The first-order valence-corrected chi connectivity index (χ1v) is 24.9. The van der Waals surface area contributed by atoms with Gasteiger partial charge in [-0.2, -0.15) is 23.5 Å². The van der Waals surface area contributed by atoms with E-state index in [-0.39, 0.29) is 6.10 Å². The van der Waals surface area contributed by atoms with E-state index in [0.717, 1.165) is 60.9 Å². The van der Waals surface area contributed by atoms with Gasteiger partial charge in [0.2, 0.25) is 0 Å². The number of aliphatic hydroxyl groups is 1. The summed E-state index contributed by atoms with van der Waals surface area (Å²) in [5, 5.41) is 30.3. The van der Waals surface area contributed by atoms with Gasteiger partial charge in [-0.3, -0.25) is 9.59 Å². The van der Waals surface area contributed by atoms with Crippen LogP contribution in [-0.4, -0.2) is 55.4 Å². The Hall–Kier alpha value is -0.400. The van der Waals surface area contributed by atoms with E-state index in [2.05, 4.69) is 23.5 Å². The summed E-state index contributed by atoms with van der Waals surface area (Å²) < 4.78 is 0. The Balaban J connectivity index is 1.60. The van der Waals surface area contributed by atoms with Crippen LogP contribution >= 0.6 is 23.5 Å². The maximum absolute atomic E-state index is 10.9. The molecule has 52 heavy (non-hydrogen) atoms. The van der Waals surface area contributed by atoms with Crippen LogP contribution in [-0.2, 0) is 9.59 Å². The van der Waals surface area contributed by atoms with Gasteiger partial charge in [0.1, 0.15) is 0 Å². The molecule has 0 aliphatic heterocycles. The van der Waals surface area contributed by atoms with Crippen LogP contribution in [0.4, 0.5) is 0 Å². The molecule has 0 radical (unpaired) electrons. The van der Waals surface area contributed by atoms with Gasteiger partial charge < -0.3 is 15.3 Å². The monoisotopic (exact) mass is 769 g/mol. The highest BCUT2D eigenvalue weighted by Gasteiger charge is 2.19. The zero-order valence-corrected chi connectivity index (χ0v) is 35.4. The zero-order chi connectivity index (χ0) is 37.3. The van der Waals surface area contributed by atoms with E-state index in [1.54, 1.807) is 0 Å². The fourth-order valence-corrected chi connectivity index (χ4v) is 11.7. The minimum Gasteiger partial charge on any atom is -0.481 e. The Labute approximate surface area is 330 Å². The maximum Gasteiger partial charge on any atom is 0.303 e. The SMILES string of the molecule is O=C(O)CCCCCCCCCC(CCCCC(O)CCCCC(CCCCCCCCCC(=O)O)CSC1CCCCC1)CSC1CCCCC1. The third kappa shape index (κ3) is 29.0. The highest BCUT2D eigenvalue weighted by Crippen LogP contribution is 2.33. The first kappa shape index (κ1) is 47.8. The maximum atomic E-state index is 10.9. The highest BCUT2D eigenvalue weighted by atomic mass is 32.2. The molecule has 0 amide bonds. The molecule has 2 aliphatic carbocycles. The lowest BCUT2D eigenvalue weighted by atomic mass is 9.94. The van der Waals surface area contributed by atoms with Crippen LogP contribution in [0.2, 0.25) is 0 Å². The van der Waals surface area contributed by atoms with Gasteiger partial charge in [0.05, 0.1) is 6.10 Å². The average Bonchev–Trinajstić information content (AvgIpc) is 3.14. The molecule has 0 aromatic heterocycles. The molecular formula is C45H84O5S2. The average molecular weight is 769 g/mol. The summed E-state index contributed by atoms with van der Waals surface area (Å²) >= 11 is 4.55.